The Balaban J connectivity index is 2.70. The summed E-state index contributed by atoms with van der Waals surface area (Å²) in [6.45, 7) is 3.29. The lowest BCUT2D eigenvalue weighted by atomic mass is 10.3. The molecule has 0 aliphatic carbocycles. The summed E-state index contributed by atoms with van der Waals surface area (Å²) in [6, 6.07) is 0. The second-order valence-corrected chi connectivity index (χ2v) is 2.83. The molecule has 0 fully saturated rings. The van der Waals surface area contributed by atoms with Gasteiger partial charge in [0.2, 0.25) is 0 Å². The summed E-state index contributed by atoms with van der Waals surface area (Å²) in [6.07, 6.45) is 1.65. The Morgan fingerprint density at radius 3 is 2.50 bits per heavy atom. The second-order valence-electron chi connectivity index (χ2n) is 2.83. The highest BCUT2D eigenvalue weighted by atomic mass is 14.9. The molecular weight excluding hydrogens is 152 g/mol. The molecule has 0 unspecified atom stereocenters. The highest BCUT2D eigenvalue weighted by Gasteiger charge is 2.03. The van der Waals surface area contributed by atoms with Gasteiger partial charge in [0.05, 0.1) is 5.69 Å². The maximum atomic E-state index is 5.43. The molecule has 0 saturated carbocycles. The van der Waals surface area contributed by atoms with Gasteiger partial charge in [-0.1, -0.05) is 0 Å². The third-order valence-corrected chi connectivity index (χ3v) is 1.80. The van der Waals surface area contributed by atoms with Crippen molar-refractivity contribution in [2.45, 2.75) is 19.8 Å². The molecule has 1 aromatic heterocycles. The normalized spacial score (nSPS) is 10.6. The highest BCUT2D eigenvalue weighted by molar-refractivity contribution is 5.13. The van der Waals surface area contributed by atoms with Crippen LogP contribution in [0.15, 0.2) is 0 Å². The van der Waals surface area contributed by atoms with E-state index in [9.17, 15) is 0 Å². The van der Waals surface area contributed by atoms with Crippen molar-refractivity contribution >= 4 is 0 Å². The van der Waals surface area contributed by atoms with Crippen molar-refractivity contribution in [1.82, 2.24) is 9.97 Å². The van der Waals surface area contributed by atoms with E-state index in [-0.39, 0.29) is 0 Å². The number of nitrogens with zero attached hydrogens (tertiary/aromatic N) is 1. The Kier molecular flexibility index (Phi) is 3.25. The van der Waals surface area contributed by atoms with E-state index in [0.717, 1.165) is 30.1 Å². The molecule has 1 heterocycles. The third kappa shape index (κ3) is 2.06. The first kappa shape index (κ1) is 9.22. The zero-order valence-corrected chi connectivity index (χ0v) is 7.43. The summed E-state index contributed by atoms with van der Waals surface area (Å²) < 4.78 is 0. The fourth-order valence-electron chi connectivity index (χ4n) is 1.20. The van der Waals surface area contributed by atoms with Crippen molar-refractivity contribution in [2.24, 2.45) is 11.5 Å². The number of aromatic amines is 1. The van der Waals surface area contributed by atoms with E-state index in [2.05, 4.69) is 9.97 Å². The average Bonchev–Trinajstić information content (AvgIpc) is 2.34. The first-order valence-electron chi connectivity index (χ1n) is 4.22. The van der Waals surface area contributed by atoms with Gasteiger partial charge < -0.3 is 16.5 Å². The Hall–Kier alpha value is -0.870. The summed E-state index contributed by atoms with van der Waals surface area (Å²) in [5.74, 6) is 0.971. The van der Waals surface area contributed by atoms with E-state index in [1.807, 2.05) is 6.92 Å². The van der Waals surface area contributed by atoms with Crippen molar-refractivity contribution in [3.8, 4) is 0 Å². The number of H-pyrrole nitrogens is 1. The first-order chi connectivity index (χ1) is 5.77. The molecule has 0 amide bonds. The predicted octanol–water partition coefficient (Wildman–Crippen LogP) is -0.279. The minimum Gasteiger partial charge on any atom is -0.346 e. The van der Waals surface area contributed by atoms with Crippen LogP contribution in [0.3, 0.4) is 0 Å². The van der Waals surface area contributed by atoms with E-state index >= 15 is 0 Å². The molecule has 5 N–H and O–H groups in total. The molecule has 12 heavy (non-hydrogen) atoms. The number of hydrogen-bond acceptors (Lipinski definition) is 3. The lowest BCUT2D eigenvalue weighted by molar-refractivity contribution is 0.873. The zero-order valence-electron chi connectivity index (χ0n) is 7.43. The van der Waals surface area contributed by atoms with Gasteiger partial charge in [0.25, 0.3) is 0 Å². The van der Waals surface area contributed by atoms with E-state index in [4.69, 9.17) is 11.5 Å². The Morgan fingerprint density at radius 1 is 1.25 bits per heavy atom. The van der Waals surface area contributed by atoms with Crippen LogP contribution in [0, 0.1) is 6.92 Å². The lowest BCUT2D eigenvalue weighted by Gasteiger charge is -1.91. The smallest absolute Gasteiger partial charge is 0.107 e. The number of aromatic nitrogens is 2. The van der Waals surface area contributed by atoms with Gasteiger partial charge in [0, 0.05) is 18.5 Å². The predicted molar refractivity (Wildman–Crippen MR) is 48.8 cm³/mol. The number of hydrogen-bond donors (Lipinski definition) is 3. The van der Waals surface area contributed by atoms with Crippen molar-refractivity contribution in [2.75, 3.05) is 13.1 Å². The van der Waals surface area contributed by atoms with Gasteiger partial charge in [-0.25, -0.2) is 4.98 Å². The molecule has 1 rings (SSSR count). The molecule has 1 aromatic rings. The molecular formula is C8H16N4. The Labute approximate surface area is 72.4 Å². The monoisotopic (exact) mass is 168 g/mol. The fraction of sp³-hybridized carbons (Fsp3) is 0.625. The minimum atomic E-state index is 0.634. The molecule has 4 heteroatoms. The van der Waals surface area contributed by atoms with Gasteiger partial charge >= 0.3 is 0 Å². The molecule has 0 aromatic carbocycles. The van der Waals surface area contributed by atoms with Crippen LogP contribution < -0.4 is 11.5 Å². The highest BCUT2D eigenvalue weighted by Crippen LogP contribution is 2.04. The maximum Gasteiger partial charge on any atom is 0.107 e. The summed E-state index contributed by atoms with van der Waals surface area (Å²) in [5.41, 5.74) is 13.0. The van der Waals surface area contributed by atoms with Crippen LogP contribution in [0.25, 0.3) is 0 Å². The molecule has 0 aliphatic rings. The van der Waals surface area contributed by atoms with Gasteiger partial charge in [-0.15, -0.1) is 0 Å². The molecule has 0 saturated heterocycles. The minimum absolute atomic E-state index is 0.634. The molecule has 0 aliphatic heterocycles. The maximum absolute atomic E-state index is 5.43. The van der Waals surface area contributed by atoms with Gasteiger partial charge in [-0.2, -0.15) is 0 Å². The number of imidazole rings is 1. The second kappa shape index (κ2) is 4.23. The van der Waals surface area contributed by atoms with E-state index in [1.54, 1.807) is 0 Å². The van der Waals surface area contributed by atoms with Gasteiger partial charge in [0.1, 0.15) is 5.82 Å². The van der Waals surface area contributed by atoms with Crippen molar-refractivity contribution < 1.29 is 0 Å². The van der Waals surface area contributed by atoms with Crippen LogP contribution in [0.4, 0.5) is 0 Å². The van der Waals surface area contributed by atoms with Crippen LogP contribution >= 0.6 is 0 Å². The lowest BCUT2D eigenvalue weighted by Crippen LogP contribution is -2.05. The Morgan fingerprint density at radius 2 is 1.92 bits per heavy atom. The van der Waals surface area contributed by atoms with Crippen LogP contribution in [-0.4, -0.2) is 23.1 Å². The number of rotatable bonds is 4. The number of nitrogens with one attached hydrogen (secondary N) is 1. The van der Waals surface area contributed by atoms with Crippen molar-refractivity contribution in [3.05, 3.63) is 17.2 Å². The van der Waals surface area contributed by atoms with Crippen LogP contribution in [0.1, 0.15) is 17.2 Å². The van der Waals surface area contributed by atoms with Crippen LogP contribution in [0.5, 0.6) is 0 Å². The summed E-state index contributed by atoms with van der Waals surface area (Å²) in [4.78, 5) is 7.56. The van der Waals surface area contributed by atoms with Crippen LogP contribution in [0.2, 0.25) is 0 Å². The average molecular weight is 168 g/mol. The summed E-state index contributed by atoms with van der Waals surface area (Å²) in [5, 5.41) is 0. The molecule has 0 spiro atoms. The summed E-state index contributed by atoms with van der Waals surface area (Å²) >= 11 is 0. The van der Waals surface area contributed by atoms with Gasteiger partial charge in [0.15, 0.2) is 0 Å². The molecule has 68 valence electrons. The SMILES string of the molecule is Cc1[nH]c(CCN)nc1CCN. The number of nitrogens with two attached hydrogens (primary N) is 2. The number of aryl methyl sites for hydroxylation is 1. The standard InChI is InChI=1S/C8H16N4/c1-6-7(2-4-9)12-8(11-6)3-5-10/h2-5,9-10H2,1H3,(H,11,12). The first-order valence-corrected chi connectivity index (χ1v) is 4.22. The van der Waals surface area contributed by atoms with Gasteiger partial charge in [-0.05, 0) is 20.0 Å². The Bertz CT molecular complexity index is 241. The van der Waals surface area contributed by atoms with Crippen molar-refractivity contribution in [1.29, 1.82) is 0 Å². The van der Waals surface area contributed by atoms with Crippen LogP contribution in [-0.2, 0) is 12.8 Å². The van der Waals surface area contributed by atoms with Crippen molar-refractivity contribution in [3.63, 3.8) is 0 Å². The quantitative estimate of drug-likeness (QED) is 0.578. The van der Waals surface area contributed by atoms with Gasteiger partial charge in [-0.3, -0.25) is 0 Å². The molecule has 0 bridgehead atoms. The van der Waals surface area contributed by atoms with E-state index < -0.39 is 0 Å². The fourth-order valence-corrected chi connectivity index (χ4v) is 1.20. The molecule has 0 atom stereocenters. The molecule has 4 nitrogen and oxygen atoms in total. The zero-order chi connectivity index (χ0) is 8.97. The van der Waals surface area contributed by atoms with E-state index in [1.165, 1.54) is 0 Å². The third-order valence-electron chi connectivity index (χ3n) is 1.80. The summed E-state index contributed by atoms with van der Waals surface area (Å²) in [7, 11) is 0. The topological polar surface area (TPSA) is 80.7 Å². The largest absolute Gasteiger partial charge is 0.346 e. The molecule has 0 radical (unpaired) electrons. The van der Waals surface area contributed by atoms with E-state index in [0.29, 0.717) is 13.1 Å².